The molecule has 3 heterocycles. The van der Waals surface area contributed by atoms with E-state index in [4.69, 9.17) is 0 Å². The van der Waals surface area contributed by atoms with Crippen molar-refractivity contribution in [2.75, 3.05) is 6.54 Å². The van der Waals surface area contributed by atoms with Crippen molar-refractivity contribution in [2.24, 2.45) is 0 Å². The van der Waals surface area contributed by atoms with E-state index in [0.29, 0.717) is 10.7 Å². The SMILES string of the molecule is O=C(NCCn1nnn(-c2cccs2)c1=O)c1ccccn1. The maximum absolute atomic E-state index is 12.1. The van der Waals surface area contributed by atoms with Gasteiger partial charge < -0.3 is 5.32 Å². The van der Waals surface area contributed by atoms with Gasteiger partial charge in [0, 0.05) is 12.7 Å². The van der Waals surface area contributed by atoms with Crippen LogP contribution in [0.5, 0.6) is 0 Å². The Balaban J connectivity index is 1.61. The van der Waals surface area contributed by atoms with Gasteiger partial charge in [0.05, 0.1) is 6.54 Å². The summed E-state index contributed by atoms with van der Waals surface area (Å²) >= 11 is 1.40. The lowest BCUT2D eigenvalue weighted by Gasteiger charge is -2.03. The first-order valence-corrected chi connectivity index (χ1v) is 7.39. The number of thiophene rings is 1. The van der Waals surface area contributed by atoms with E-state index in [1.54, 1.807) is 30.5 Å². The Morgan fingerprint density at radius 1 is 1.23 bits per heavy atom. The number of hydrogen-bond donors (Lipinski definition) is 1. The van der Waals surface area contributed by atoms with Gasteiger partial charge in [-0.1, -0.05) is 6.07 Å². The van der Waals surface area contributed by atoms with Gasteiger partial charge in [-0.3, -0.25) is 9.78 Å². The fourth-order valence-electron chi connectivity index (χ4n) is 1.81. The van der Waals surface area contributed by atoms with Gasteiger partial charge in [-0.25, -0.2) is 4.79 Å². The van der Waals surface area contributed by atoms with Crippen LogP contribution in [0.3, 0.4) is 0 Å². The quantitative estimate of drug-likeness (QED) is 0.731. The van der Waals surface area contributed by atoms with Crippen LogP contribution in [0.2, 0.25) is 0 Å². The van der Waals surface area contributed by atoms with E-state index in [2.05, 4.69) is 20.7 Å². The zero-order valence-electron chi connectivity index (χ0n) is 11.4. The first-order valence-electron chi connectivity index (χ1n) is 6.51. The summed E-state index contributed by atoms with van der Waals surface area (Å²) < 4.78 is 2.43. The van der Waals surface area contributed by atoms with Crippen LogP contribution in [0.25, 0.3) is 5.00 Å². The Kier molecular flexibility index (Phi) is 4.05. The first-order chi connectivity index (χ1) is 10.8. The van der Waals surface area contributed by atoms with Gasteiger partial charge in [0.2, 0.25) is 0 Å². The number of hydrogen-bond acceptors (Lipinski definition) is 6. The molecule has 0 atom stereocenters. The Bertz CT molecular complexity index is 809. The van der Waals surface area contributed by atoms with Crippen molar-refractivity contribution in [1.29, 1.82) is 0 Å². The third-order valence-corrected chi connectivity index (χ3v) is 3.70. The number of nitrogens with zero attached hydrogens (tertiary/aromatic N) is 5. The molecule has 0 saturated carbocycles. The molecule has 0 aliphatic rings. The molecule has 0 aliphatic carbocycles. The molecule has 1 N–H and O–H groups in total. The molecule has 0 fully saturated rings. The van der Waals surface area contributed by atoms with Gasteiger partial charge in [-0.15, -0.1) is 11.3 Å². The van der Waals surface area contributed by atoms with Crippen LogP contribution >= 0.6 is 11.3 Å². The second-order valence-corrected chi connectivity index (χ2v) is 5.24. The van der Waals surface area contributed by atoms with Crippen molar-refractivity contribution in [1.82, 2.24) is 30.1 Å². The molecule has 8 nitrogen and oxygen atoms in total. The third kappa shape index (κ3) is 2.93. The van der Waals surface area contributed by atoms with Crippen LogP contribution in [-0.4, -0.2) is 37.2 Å². The summed E-state index contributed by atoms with van der Waals surface area (Å²) in [6.07, 6.45) is 1.55. The van der Waals surface area contributed by atoms with E-state index in [0.717, 1.165) is 0 Å². The van der Waals surface area contributed by atoms with Gasteiger partial charge >= 0.3 is 5.69 Å². The van der Waals surface area contributed by atoms with Crippen molar-refractivity contribution in [3.63, 3.8) is 0 Å². The average molecular weight is 316 g/mol. The second kappa shape index (κ2) is 6.31. The molecule has 0 spiro atoms. The van der Waals surface area contributed by atoms with Gasteiger partial charge in [0.1, 0.15) is 10.7 Å². The summed E-state index contributed by atoms with van der Waals surface area (Å²) in [5.41, 5.74) is -0.00776. The molecular weight excluding hydrogens is 304 g/mol. The molecule has 0 radical (unpaired) electrons. The smallest absolute Gasteiger partial charge is 0.349 e. The zero-order chi connectivity index (χ0) is 15.4. The Hall–Kier alpha value is -2.81. The number of carbonyl (C=O) groups excluding carboxylic acids is 1. The lowest BCUT2D eigenvalue weighted by Crippen LogP contribution is -2.32. The van der Waals surface area contributed by atoms with Gasteiger partial charge in [-0.05, 0) is 40.1 Å². The third-order valence-electron chi connectivity index (χ3n) is 2.86. The van der Waals surface area contributed by atoms with Gasteiger partial charge in [-0.2, -0.15) is 9.36 Å². The molecule has 0 saturated heterocycles. The lowest BCUT2D eigenvalue weighted by molar-refractivity contribution is 0.0946. The molecule has 1 amide bonds. The minimum atomic E-state index is -0.338. The highest BCUT2D eigenvalue weighted by atomic mass is 32.1. The predicted octanol–water partition coefficient (Wildman–Crippen LogP) is 0.315. The van der Waals surface area contributed by atoms with E-state index in [9.17, 15) is 9.59 Å². The van der Waals surface area contributed by atoms with Crippen LogP contribution < -0.4 is 11.0 Å². The molecule has 0 unspecified atom stereocenters. The van der Waals surface area contributed by atoms with Crippen molar-refractivity contribution in [3.8, 4) is 5.00 Å². The van der Waals surface area contributed by atoms with E-state index in [-0.39, 0.29) is 24.7 Å². The minimum absolute atomic E-state index is 0.239. The van der Waals surface area contributed by atoms with Gasteiger partial charge in [0.25, 0.3) is 5.91 Å². The van der Waals surface area contributed by atoms with Crippen LogP contribution in [0.1, 0.15) is 10.5 Å². The number of pyridine rings is 1. The minimum Gasteiger partial charge on any atom is -0.349 e. The van der Waals surface area contributed by atoms with Crippen LogP contribution in [0.4, 0.5) is 0 Å². The molecule has 3 rings (SSSR count). The summed E-state index contributed by atoms with van der Waals surface area (Å²) in [6.45, 7) is 0.501. The highest BCUT2D eigenvalue weighted by Crippen LogP contribution is 2.10. The molecule has 0 aliphatic heterocycles. The normalized spacial score (nSPS) is 10.5. The van der Waals surface area contributed by atoms with E-state index in [1.165, 1.54) is 20.7 Å². The number of nitrogens with one attached hydrogen (secondary N) is 1. The Morgan fingerprint density at radius 2 is 2.14 bits per heavy atom. The summed E-state index contributed by atoms with van der Waals surface area (Å²) in [5, 5.41) is 12.9. The number of carbonyl (C=O) groups is 1. The summed E-state index contributed by atoms with van der Waals surface area (Å²) in [6, 6.07) is 8.71. The highest BCUT2D eigenvalue weighted by molar-refractivity contribution is 7.12. The van der Waals surface area contributed by atoms with E-state index in [1.807, 2.05) is 11.4 Å². The van der Waals surface area contributed by atoms with Crippen molar-refractivity contribution >= 4 is 17.2 Å². The molecule has 0 aromatic carbocycles. The van der Waals surface area contributed by atoms with Crippen LogP contribution in [-0.2, 0) is 6.54 Å². The van der Waals surface area contributed by atoms with Crippen LogP contribution in [0, 0.1) is 0 Å². The molecule has 22 heavy (non-hydrogen) atoms. The number of aromatic nitrogens is 5. The van der Waals surface area contributed by atoms with Crippen molar-refractivity contribution < 1.29 is 4.79 Å². The Labute approximate surface area is 129 Å². The van der Waals surface area contributed by atoms with Crippen molar-refractivity contribution in [3.05, 3.63) is 58.1 Å². The first kappa shape index (κ1) is 14.1. The molecule has 3 aromatic heterocycles. The maximum Gasteiger partial charge on any atom is 0.369 e. The number of tetrazole rings is 1. The zero-order valence-corrected chi connectivity index (χ0v) is 12.2. The standard InChI is InChI=1S/C13H12N6O2S/c20-12(10-4-1-2-6-14-10)15-7-8-18-13(21)19(17-16-18)11-5-3-9-22-11/h1-6,9H,7-8H2,(H,15,20). The number of rotatable bonds is 5. The topological polar surface area (TPSA) is 94.7 Å². The largest absolute Gasteiger partial charge is 0.369 e. The average Bonchev–Trinajstić information content (AvgIpc) is 3.18. The van der Waals surface area contributed by atoms with Crippen LogP contribution in [0.15, 0.2) is 46.7 Å². The van der Waals surface area contributed by atoms with Crippen molar-refractivity contribution in [2.45, 2.75) is 6.54 Å². The summed E-state index contributed by atoms with van der Waals surface area (Å²) in [4.78, 5) is 27.9. The molecular formula is C13H12N6O2S. The number of amides is 1. The second-order valence-electron chi connectivity index (χ2n) is 4.32. The molecule has 9 heteroatoms. The van der Waals surface area contributed by atoms with E-state index < -0.39 is 0 Å². The van der Waals surface area contributed by atoms with E-state index >= 15 is 0 Å². The predicted molar refractivity (Wildman–Crippen MR) is 80.1 cm³/mol. The maximum atomic E-state index is 12.1. The fourth-order valence-corrected chi connectivity index (χ4v) is 2.47. The lowest BCUT2D eigenvalue weighted by atomic mass is 10.3. The highest BCUT2D eigenvalue weighted by Gasteiger charge is 2.10. The monoisotopic (exact) mass is 316 g/mol. The van der Waals surface area contributed by atoms with Gasteiger partial charge in [0.15, 0.2) is 0 Å². The molecule has 3 aromatic rings. The molecule has 0 bridgehead atoms. The summed E-state index contributed by atoms with van der Waals surface area (Å²) in [7, 11) is 0. The fraction of sp³-hybridized carbons (Fsp3) is 0.154. The summed E-state index contributed by atoms with van der Waals surface area (Å²) in [5.74, 6) is -0.292. The Morgan fingerprint density at radius 3 is 2.86 bits per heavy atom. The molecule has 112 valence electrons.